The highest BCUT2D eigenvalue weighted by Crippen LogP contribution is 2.38. The lowest BCUT2D eigenvalue weighted by molar-refractivity contribution is -0.265. The van der Waals surface area contributed by atoms with Gasteiger partial charge in [-0.25, -0.2) is 4.79 Å². The summed E-state index contributed by atoms with van der Waals surface area (Å²) in [6.45, 7) is 11.1. The van der Waals surface area contributed by atoms with Crippen molar-refractivity contribution in [2.75, 3.05) is 41.0 Å². The second kappa shape index (κ2) is 27.3. The number of cyclic esters (lactones) is 1. The van der Waals surface area contributed by atoms with E-state index in [-0.39, 0.29) is 49.3 Å². The van der Waals surface area contributed by atoms with Crippen LogP contribution in [0.3, 0.4) is 0 Å². The quantitative estimate of drug-likeness (QED) is 0.120. The molecule has 15 atom stereocenters. The Morgan fingerprint density at radius 1 is 0.912 bits per heavy atom. The minimum atomic E-state index is -3.26. The zero-order valence-corrected chi connectivity index (χ0v) is 42.3. The first-order valence-corrected chi connectivity index (χ1v) is 24.7. The van der Waals surface area contributed by atoms with Crippen LogP contribution in [0.15, 0.2) is 59.8 Å². The van der Waals surface area contributed by atoms with E-state index in [2.05, 4.69) is 19.6 Å². The lowest BCUT2D eigenvalue weighted by Gasteiger charge is -2.42. The number of amides is 1. The summed E-state index contributed by atoms with van der Waals surface area (Å²) in [4.78, 5) is 58.6. The number of ether oxygens (including phenoxy) is 6. The number of allylic oxidation sites excluding steroid dienone is 6. The summed E-state index contributed by atoms with van der Waals surface area (Å²) in [5.41, 5.74) is 2.09. The fourth-order valence-electron chi connectivity index (χ4n) is 10.5. The minimum absolute atomic E-state index is 0.0388. The Labute approximate surface area is 412 Å². The van der Waals surface area contributed by atoms with E-state index in [1.807, 2.05) is 45.1 Å². The Kier molecular flexibility index (Phi) is 20.5. The van der Waals surface area contributed by atoms with Crippen molar-refractivity contribution in [2.45, 2.75) is 180 Å². The molecule has 1 saturated carbocycles. The Balaban J connectivity index is 1.70. The number of rotatable bonds is 9. The van der Waals surface area contributed by atoms with Crippen molar-refractivity contribution in [3.63, 3.8) is 0 Å². The predicted molar refractivity (Wildman–Crippen MR) is 260 cm³/mol. The van der Waals surface area contributed by atoms with Crippen LogP contribution < -0.4 is 0 Å². The minimum Gasteiger partial charge on any atom is -0.460 e. The van der Waals surface area contributed by atoms with E-state index in [0.29, 0.717) is 62.5 Å². The number of piperidine rings is 1. The number of ketones is 2. The van der Waals surface area contributed by atoms with Gasteiger partial charge >= 0.3 is 5.97 Å². The summed E-state index contributed by atoms with van der Waals surface area (Å²) in [7, 11) is 4.52. The normalized spacial score (nSPS) is 40.5. The molecule has 0 aromatic carbocycles. The van der Waals surface area contributed by atoms with E-state index in [4.69, 9.17) is 33.9 Å². The van der Waals surface area contributed by atoms with Gasteiger partial charge in [-0.05, 0) is 118 Å². The Morgan fingerprint density at radius 2 is 1.65 bits per heavy atom. The third-order valence-corrected chi connectivity index (χ3v) is 14.9. The first kappa shape index (κ1) is 51.0. The van der Waals surface area contributed by atoms with Gasteiger partial charge in [0, 0.05) is 52.6 Å². The monoisotopic (exact) mass is 960 g/mol. The molecule has 68 heavy (non-hydrogen) atoms. The summed E-state index contributed by atoms with van der Waals surface area (Å²) >= 11 is 0. The molecule has 3 N–H and O–H groups in total. The SMILES string of the molecule is [2H]C([2H])(O)C([2H])([2H])O[C@@H]1CC[C@@H](C[C@@H](C)[C@@H]2CC(=O)[C@H](C)/C=C(\C)[C@@H](O)[C@@H](OC)C(=C)[C@H](C)C[C@H](C)/C=C/C=C/C=C(\C)[C@@H](OC)C[C@@H]3CC[C@@H](C)[C@@](O)(O3)C(=O)C(=O)N3CCCC[C@H]3C(=O)O2)C[C@H]1OC. The highest BCUT2D eigenvalue weighted by Gasteiger charge is 2.53. The van der Waals surface area contributed by atoms with Gasteiger partial charge in [-0.2, -0.15) is 0 Å². The third-order valence-electron chi connectivity index (χ3n) is 14.9. The van der Waals surface area contributed by atoms with Gasteiger partial charge in [-0.3, -0.25) is 14.4 Å². The molecule has 0 radical (unpaired) electrons. The Morgan fingerprint density at radius 3 is 2.32 bits per heavy atom. The molecule has 384 valence electrons. The van der Waals surface area contributed by atoms with Crippen molar-refractivity contribution < 1.29 is 68.4 Å². The molecule has 0 unspecified atom stereocenters. The molecule has 1 aliphatic carbocycles. The summed E-state index contributed by atoms with van der Waals surface area (Å²) in [5.74, 6) is -7.72. The van der Waals surface area contributed by atoms with Crippen molar-refractivity contribution in [3.05, 3.63) is 59.8 Å². The highest BCUT2D eigenvalue weighted by molar-refractivity contribution is 6.39. The number of hydrogen-bond donors (Lipinski definition) is 3. The zero-order valence-electron chi connectivity index (χ0n) is 46.3. The topological polar surface area (TPSA) is 188 Å². The zero-order chi connectivity index (χ0) is 53.9. The predicted octanol–water partition coefficient (Wildman–Crippen LogP) is 7.18. The molecule has 2 bridgehead atoms. The van der Waals surface area contributed by atoms with Crippen molar-refractivity contribution in [3.8, 4) is 0 Å². The van der Waals surface area contributed by atoms with Crippen LogP contribution in [0.2, 0.25) is 0 Å². The molecule has 4 rings (SSSR count). The van der Waals surface area contributed by atoms with Gasteiger partial charge in [0.2, 0.25) is 5.79 Å². The van der Waals surface area contributed by atoms with Crippen LogP contribution >= 0.6 is 0 Å². The standard InChI is InChI=1S/C54H85NO13/c1-33-17-13-12-14-18-34(2)46(63-9)31-42-22-20-39(7)54(62,68-42)51(59)52(60)55-24-16-15-19-43(55)53(61)67-47(37(5)29-41-21-23-45(66-26-25-56)48(30-41)64-10)32-44(57)36(4)28-38(6)49(58)50(65-11)40(8)35(3)27-33/h12-14,17-18,28,33,35-37,39,41-43,45-50,56,58,62H,8,15-16,19-27,29-32H2,1-7,9-11H3/b14-12+,17-13+,34-18+,38-28+/t33-,35-,36-,37-,39-,41+,42+,43+,45-,46+,47+,48-,49-,50+,54-/m1/s1/i25D2,26D2. The average Bonchev–Trinajstić information content (AvgIpc) is 3.32. The summed E-state index contributed by atoms with van der Waals surface area (Å²) in [5, 5.41) is 33.4. The maximum Gasteiger partial charge on any atom is 0.329 e. The lowest BCUT2D eigenvalue weighted by Crippen LogP contribution is -2.61. The van der Waals surface area contributed by atoms with E-state index in [0.717, 1.165) is 16.9 Å². The highest BCUT2D eigenvalue weighted by atomic mass is 16.6. The number of Topliss-reactive ketones (excluding diaryl/α,β-unsaturated/α-hetero) is 2. The number of carbonyl (C=O) groups excluding carboxylic acids is 4. The van der Waals surface area contributed by atoms with E-state index < -0.39 is 103 Å². The van der Waals surface area contributed by atoms with Crippen molar-refractivity contribution in [2.24, 2.45) is 35.5 Å². The number of methoxy groups -OCH3 is 3. The molecular formula is C54H85NO13. The van der Waals surface area contributed by atoms with Crippen LogP contribution in [0.5, 0.6) is 0 Å². The number of esters is 1. The van der Waals surface area contributed by atoms with Crippen molar-refractivity contribution in [1.29, 1.82) is 0 Å². The van der Waals surface area contributed by atoms with E-state index in [1.165, 1.54) is 14.2 Å². The van der Waals surface area contributed by atoms with Gasteiger partial charge in [0.05, 0.1) is 43.0 Å². The lowest BCUT2D eigenvalue weighted by atomic mass is 9.78. The van der Waals surface area contributed by atoms with Gasteiger partial charge in [-0.15, -0.1) is 0 Å². The summed E-state index contributed by atoms with van der Waals surface area (Å²) in [6.07, 6.45) is 10.4. The Hall–Kier alpha value is -3.34. The van der Waals surface area contributed by atoms with Gasteiger partial charge in [0.15, 0.2) is 0 Å². The molecule has 4 aliphatic rings. The summed E-state index contributed by atoms with van der Waals surface area (Å²) in [6, 6.07) is -1.20. The molecule has 2 saturated heterocycles. The second-order valence-electron chi connectivity index (χ2n) is 20.1. The van der Waals surface area contributed by atoms with Crippen molar-refractivity contribution >= 4 is 23.4 Å². The number of fused-ring (bicyclic) bond motifs is 3. The van der Waals surface area contributed by atoms with Crippen LogP contribution in [-0.2, 0) is 47.6 Å². The number of nitrogens with zero attached hydrogens (tertiary/aromatic N) is 1. The first-order chi connectivity index (χ1) is 33.7. The van der Waals surface area contributed by atoms with E-state index in [9.17, 15) is 34.5 Å². The number of hydrogen-bond acceptors (Lipinski definition) is 13. The number of aliphatic hydroxyl groups is 3. The molecular weight excluding hydrogens is 871 g/mol. The van der Waals surface area contributed by atoms with Crippen LogP contribution in [-0.4, -0.2) is 139 Å². The molecule has 3 heterocycles. The average molecular weight is 960 g/mol. The molecule has 0 aromatic rings. The van der Waals surface area contributed by atoms with Crippen LogP contribution in [0, 0.1) is 35.5 Å². The van der Waals surface area contributed by atoms with Crippen LogP contribution in [0.1, 0.15) is 131 Å². The number of carbonyl (C=O) groups is 4. The second-order valence-corrected chi connectivity index (χ2v) is 20.1. The van der Waals surface area contributed by atoms with Gasteiger partial charge in [-0.1, -0.05) is 77.7 Å². The van der Waals surface area contributed by atoms with E-state index >= 15 is 0 Å². The molecule has 14 nitrogen and oxygen atoms in total. The van der Waals surface area contributed by atoms with Crippen molar-refractivity contribution in [1.82, 2.24) is 4.90 Å². The summed E-state index contributed by atoms with van der Waals surface area (Å²) < 4.78 is 66.3. The smallest absolute Gasteiger partial charge is 0.329 e. The molecule has 3 aliphatic heterocycles. The molecule has 3 fully saturated rings. The first-order valence-electron chi connectivity index (χ1n) is 26.7. The van der Waals surface area contributed by atoms with Crippen LogP contribution in [0.25, 0.3) is 0 Å². The van der Waals surface area contributed by atoms with Gasteiger partial charge in [0.1, 0.15) is 30.1 Å². The van der Waals surface area contributed by atoms with Gasteiger partial charge in [0.25, 0.3) is 11.7 Å². The van der Waals surface area contributed by atoms with Crippen LogP contribution in [0.4, 0.5) is 0 Å². The molecule has 1 amide bonds. The third kappa shape index (κ3) is 15.3. The Bertz CT molecular complexity index is 1990. The molecule has 0 spiro atoms. The fraction of sp³-hybridized carbons (Fsp3) is 0.741. The molecule has 14 heteroatoms. The molecule has 0 aromatic heterocycles. The maximum atomic E-state index is 14.5. The fourth-order valence-corrected chi connectivity index (χ4v) is 10.5. The van der Waals surface area contributed by atoms with Gasteiger partial charge < -0.3 is 48.6 Å². The maximum absolute atomic E-state index is 14.5. The number of aliphatic hydroxyl groups excluding tert-OH is 1. The van der Waals surface area contributed by atoms with E-state index in [1.54, 1.807) is 34.0 Å². The largest absolute Gasteiger partial charge is 0.460 e.